The van der Waals surface area contributed by atoms with Crippen molar-refractivity contribution in [1.29, 1.82) is 0 Å². The van der Waals surface area contributed by atoms with Crippen LogP contribution < -0.4 is 19.5 Å². The molecule has 0 saturated heterocycles. The van der Waals surface area contributed by atoms with Crippen LogP contribution in [0.5, 0.6) is 11.5 Å². The molecule has 8 heteroatoms. The largest absolute Gasteiger partial charge is 0.493 e. The fourth-order valence-corrected chi connectivity index (χ4v) is 5.83. The van der Waals surface area contributed by atoms with Crippen molar-refractivity contribution >= 4 is 15.9 Å². The van der Waals surface area contributed by atoms with Crippen LogP contribution in [0.25, 0.3) is 0 Å². The van der Waals surface area contributed by atoms with E-state index in [0.29, 0.717) is 22.6 Å². The lowest BCUT2D eigenvalue weighted by molar-refractivity contribution is -0.122. The number of sulfonamides is 1. The lowest BCUT2D eigenvalue weighted by Crippen LogP contribution is -2.48. The van der Waals surface area contributed by atoms with Crippen LogP contribution in [0.3, 0.4) is 0 Å². The zero-order valence-electron chi connectivity index (χ0n) is 20.7. The zero-order valence-corrected chi connectivity index (χ0v) is 21.5. The van der Waals surface area contributed by atoms with Gasteiger partial charge in [0.1, 0.15) is 6.04 Å². The van der Waals surface area contributed by atoms with Crippen molar-refractivity contribution in [3.63, 3.8) is 0 Å². The lowest BCUT2D eigenvalue weighted by atomic mass is 10.1. The van der Waals surface area contributed by atoms with Crippen molar-refractivity contribution in [2.24, 2.45) is 0 Å². The smallest absolute Gasteiger partial charge is 0.241 e. The van der Waals surface area contributed by atoms with E-state index in [4.69, 9.17) is 9.47 Å². The number of carbonyl (C=O) groups is 1. The molecule has 35 heavy (non-hydrogen) atoms. The molecule has 0 radical (unpaired) electrons. The molecule has 0 bridgehead atoms. The molecule has 0 aromatic heterocycles. The summed E-state index contributed by atoms with van der Waals surface area (Å²) in [6.07, 6.45) is 0.210. The van der Waals surface area contributed by atoms with E-state index in [-0.39, 0.29) is 17.9 Å². The quantitative estimate of drug-likeness (QED) is 0.445. The number of carbonyl (C=O) groups excluding carboxylic acids is 1. The number of hydrogen-bond donors (Lipinski definition) is 2. The molecule has 0 aliphatic heterocycles. The van der Waals surface area contributed by atoms with E-state index in [0.717, 1.165) is 16.7 Å². The van der Waals surface area contributed by atoms with Crippen LogP contribution in [0, 0.1) is 20.8 Å². The molecule has 2 N–H and O–H groups in total. The van der Waals surface area contributed by atoms with Crippen LogP contribution in [0.15, 0.2) is 65.6 Å². The predicted molar refractivity (Wildman–Crippen MR) is 136 cm³/mol. The van der Waals surface area contributed by atoms with Gasteiger partial charge in [0.2, 0.25) is 15.9 Å². The number of hydrogen-bond acceptors (Lipinski definition) is 5. The molecule has 0 unspecified atom stereocenters. The normalized spacial score (nSPS) is 12.1. The van der Waals surface area contributed by atoms with Crippen LogP contribution in [-0.4, -0.2) is 34.6 Å². The van der Waals surface area contributed by atoms with Gasteiger partial charge in [-0.1, -0.05) is 54.1 Å². The Hall–Kier alpha value is -3.36. The van der Waals surface area contributed by atoms with Gasteiger partial charge in [-0.3, -0.25) is 4.79 Å². The molecule has 7 nitrogen and oxygen atoms in total. The Labute approximate surface area is 207 Å². The summed E-state index contributed by atoms with van der Waals surface area (Å²) >= 11 is 0. The molecule has 3 aromatic rings. The first kappa shape index (κ1) is 26.2. The maximum absolute atomic E-state index is 13.4. The molecule has 3 aromatic carbocycles. The standard InChI is InChI=1S/C27H32N2O5S/c1-18-13-19(2)26(20(3)14-18)35(31,32)29-23(15-21-9-7-6-8-10-21)27(30)28-17-22-11-12-24(33-4)25(16-22)34-5/h6-14,16,23,29H,15,17H2,1-5H3,(H,28,30)/t23-/m0/s1. The van der Waals surface area contributed by atoms with Crippen LogP contribution in [-0.2, 0) is 27.8 Å². The molecule has 0 heterocycles. The van der Waals surface area contributed by atoms with Gasteiger partial charge >= 0.3 is 0 Å². The van der Waals surface area contributed by atoms with Crippen LogP contribution in [0.2, 0.25) is 0 Å². The van der Waals surface area contributed by atoms with Crippen molar-refractivity contribution in [3.8, 4) is 11.5 Å². The second-order valence-corrected chi connectivity index (χ2v) is 10.1. The topological polar surface area (TPSA) is 93.7 Å². The minimum atomic E-state index is -3.95. The van der Waals surface area contributed by atoms with Gasteiger partial charge in [-0.05, 0) is 61.6 Å². The highest BCUT2D eigenvalue weighted by Gasteiger charge is 2.28. The molecular weight excluding hydrogens is 464 g/mol. The fraction of sp³-hybridized carbons (Fsp3) is 0.296. The highest BCUT2D eigenvalue weighted by atomic mass is 32.2. The number of ether oxygens (including phenoxy) is 2. The van der Waals surface area contributed by atoms with E-state index >= 15 is 0 Å². The van der Waals surface area contributed by atoms with Crippen LogP contribution in [0.4, 0.5) is 0 Å². The summed E-state index contributed by atoms with van der Waals surface area (Å²) in [6.45, 7) is 5.65. The maximum Gasteiger partial charge on any atom is 0.241 e. The average Bonchev–Trinajstić information content (AvgIpc) is 2.81. The molecule has 1 amide bonds. The Bertz CT molecular complexity index is 1270. The summed E-state index contributed by atoms with van der Waals surface area (Å²) in [5.74, 6) is 0.710. The summed E-state index contributed by atoms with van der Waals surface area (Å²) in [4.78, 5) is 13.4. The molecule has 1 atom stereocenters. The van der Waals surface area contributed by atoms with Crippen molar-refractivity contribution < 1.29 is 22.7 Å². The average molecular weight is 497 g/mol. The Morgan fingerprint density at radius 3 is 2.09 bits per heavy atom. The van der Waals surface area contributed by atoms with E-state index < -0.39 is 22.0 Å². The van der Waals surface area contributed by atoms with E-state index in [1.807, 2.05) is 55.5 Å². The summed E-state index contributed by atoms with van der Waals surface area (Å²) in [5, 5.41) is 2.86. The zero-order chi connectivity index (χ0) is 25.6. The van der Waals surface area contributed by atoms with Gasteiger partial charge in [0, 0.05) is 6.54 Å². The molecule has 0 fully saturated rings. The number of aryl methyl sites for hydroxylation is 3. The molecule has 0 saturated carbocycles. The molecule has 0 aliphatic rings. The maximum atomic E-state index is 13.4. The highest BCUT2D eigenvalue weighted by molar-refractivity contribution is 7.89. The molecule has 0 aliphatic carbocycles. The predicted octanol–water partition coefficient (Wildman–Crippen LogP) is 3.84. The summed E-state index contributed by atoms with van der Waals surface area (Å²) in [6, 6.07) is 17.3. The summed E-state index contributed by atoms with van der Waals surface area (Å²) < 4.78 is 40.0. The third-order valence-corrected chi connectivity index (χ3v) is 7.46. The molecule has 0 spiro atoms. The van der Waals surface area contributed by atoms with Crippen molar-refractivity contribution in [2.45, 2.75) is 44.7 Å². The van der Waals surface area contributed by atoms with E-state index in [9.17, 15) is 13.2 Å². The third-order valence-electron chi connectivity index (χ3n) is 5.68. The number of methoxy groups -OCH3 is 2. The van der Waals surface area contributed by atoms with Gasteiger partial charge in [-0.2, -0.15) is 4.72 Å². The lowest BCUT2D eigenvalue weighted by Gasteiger charge is -2.21. The second kappa shape index (κ2) is 11.4. The Morgan fingerprint density at radius 1 is 0.857 bits per heavy atom. The monoisotopic (exact) mass is 496 g/mol. The van der Waals surface area contributed by atoms with Crippen LogP contribution in [0.1, 0.15) is 27.8 Å². The van der Waals surface area contributed by atoms with E-state index in [2.05, 4.69) is 10.0 Å². The van der Waals surface area contributed by atoms with Crippen molar-refractivity contribution in [1.82, 2.24) is 10.0 Å². The first-order valence-electron chi connectivity index (χ1n) is 11.3. The van der Waals surface area contributed by atoms with Gasteiger partial charge in [-0.15, -0.1) is 0 Å². The van der Waals surface area contributed by atoms with Crippen molar-refractivity contribution in [3.05, 3.63) is 88.5 Å². The Kier molecular flexibility index (Phi) is 8.53. The van der Waals surface area contributed by atoms with E-state index in [1.54, 1.807) is 40.2 Å². The Morgan fingerprint density at radius 2 is 1.49 bits per heavy atom. The SMILES string of the molecule is COc1ccc(CNC(=O)[C@H](Cc2ccccc2)NS(=O)(=O)c2c(C)cc(C)cc2C)cc1OC. The minimum absolute atomic E-state index is 0.203. The Balaban J connectivity index is 1.85. The van der Waals surface area contributed by atoms with Crippen molar-refractivity contribution in [2.75, 3.05) is 14.2 Å². The van der Waals surface area contributed by atoms with Gasteiger partial charge in [0.25, 0.3) is 0 Å². The first-order chi connectivity index (χ1) is 16.6. The van der Waals surface area contributed by atoms with E-state index in [1.165, 1.54) is 0 Å². The summed E-state index contributed by atoms with van der Waals surface area (Å²) in [7, 11) is -0.858. The number of amides is 1. The van der Waals surface area contributed by atoms with Gasteiger partial charge in [0.15, 0.2) is 11.5 Å². The number of nitrogens with one attached hydrogen (secondary N) is 2. The number of benzene rings is 3. The summed E-state index contributed by atoms with van der Waals surface area (Å²) in [5.41, 5.74) is 3.90. The van der Waals surface area contributed by atoms with Gasteiger partial charge in [0.05, 0.1) is 19.1 Å². The first-order valence-corrected chi connectivity index (χ1v) is 12.8. The molecule has 186 valence electrons. The number of rotatable bonds is 10. The fourth-order valence-electron chi connectivity index (χ4n) is 4.18. The molecule has 3 rings (SSSR count). The third kappa shape index (κ3) is 6.61. The van der Waals surface area contributed by atoms with Gasteiger partial charge in [-0.25, -0.2) is 8.42 Å². The van der Waals surface area contributed by atoms with Gasteiger partial charge < -0.3 is 14.8 Å². The second-order valence-electron chi connectivity index (χ2n) is 8.50. The molecular formula is C27H32N2O5S. The minimum Gasteiger partial charge on any atom is -0.493 e. The van der Waals surface area contributed by atoms with Crippen LogP contribution >= 0.6 is 0 Å². The highest BCUT2D eigenvalue weighted by Crippen LogP contribution is 2.27.